The Balaban J connectivity index is 1.22. The zero-order chi connectivity index (χ0) is 27.2. The molecule has 39 heavy (non-hydrogen) atoms. The van der Waals surface area contributed by atoms with Gasteiger partial charge in [0.25, 0.3) is 5.91 Å². The first-order chi connectivity index (χ1) is 19.0. The first-order valence-corrected chi connectivity index (χ1v) is 13.2. The van der Waals surface area contributed by atoms with Crippen LogP contribution in [0.25, 0.3) is 0 Å². The molecule has 1 aliphatic carbocycles. The van der Waals surface area contributed by atoms with E-state index < -0.39 is 6.03 Å². The Morgan fingerprint density at radius 3 is 2.26 bits per heavy atom. The standard InChI is InChI=1S/C30H29ClN6O2/c1-37(17-15-23-10-6-7-16-32-23)29(38)22-18-26(31)28(33-19-22)35-36-30(39)34-27-24-11-4-2-8-20(24)13-14-21-9-3-5-12-25(21)27/h2-12,16,18-19,27H,13-15,17H2,1H3,(H,33,35)(H2,34,36,39). The van der Waals surface area contributed by atoms with E-state index in [9.17, 15) is 9.59 Å². The molecule has 8 nitrogen and oxygen atoms in total. The molecule has 1 aliphatic rings. The summed E-state index contributed by atoms with van der Waals surface area (Å²) in [4.78, 5) is 36.0. The summed E-state index contributed by atoms with van der Waals surface area (Å²) in [6, 6.07) is 22.8. The second-order valence-corrected chi connectivity index (χ2v) is 9.81. The predicted octanol–water partition coefficient (Wildman–Crippen LogP) is 4.96. The van der Waals surface area contributed by atoms with Gasteiger partial charge in [-0.25, -0.2) is 9.78 Å². The molecule has 198 valence electrons. The molecule has 0 saturated carbocycles. The van der Waals surface area contributed by atoms with Gasteiger partial charge in [0.15, 0.2) is 5.82 Å². The predicted molar refractivity (Wildman–Crippen MR) is 152 cm³/mol. The number of amides is 3. The summed E-state index contributed by atoms with van der Waals surface area (Å²) in [6.07, 6.45) is 5.63. The van der Waals surface area contributed by atoms with Crippen LogP contribution in [0.5, 0.6) is 0 Å². The molecule has 0 saturated heterocycles. The molecule has 0 spiro atoms. The van der Waals surface area contributed by atoms with Gasteiger partial charge in [0.05, 0.1) is 16.6 Å². The number of urea groups is 1. The van der Waals surface area contributed by atoms with Gasteiger partial charge >= 0.3 is 6.03 Å². The number of likely N-dealkylation sites (N-methyl/N-ethyl adjacent to an activating group) is 1. The van der Waals surface area contributed by atoms with Crippen LogP contribution in [0.4, 0.5) is 10.6 Å². The zero-order valence-corrected chi connectivity index (χ0v) is 22.3. The Morgan fingerprint density at radius 1 is 0.949 bits per heavy atom. The average molecular weight is 541 g/mol. The summed E-state index contributed by atoms with van der Waals surface area (Å²) in [5.74, 6) is 0.0319. The number of pyridine rings is 2. The van der Waals surface area contributed by atoms with Gasteiger partial charge in [-0.05, 0) is 53.3 Å². The number of carbonyl (C=O) groups is 2. The first-order valence-electron chi connectivity index (χ1n) is 12.8. The number of fused-ring (bicyclic) bond motifs is 2. The van der Waals surface area contributed by atoms with E-state index in [-0.39, 0.29) is 22.8 Å². The van der Waals surface area contributed by atoms with Gasteiger partial charge in [-0.15, -0.1) is 0 Å². The van der Waals surface area contributed by atoms with Gasteiger partial charge in [0, 0.05) is 38.1 Å². The molecule has 5 rings (SSSR count). The number of hydrogen-bond donors (Lipinski definition) is 3. The van der Waals surface area contributed by atoms with E-state index in [1.165, 1.54) is 23.4 Å². The molecule has 3 N–H and O–H groups in total. The molecule has 0 bridgehead atoms. The van der Waals surface area contributed by atoms with Crippen LogP contribution < -0.4 is 16.2 Å². The normalized spacial score (nSPS) is 12.5. The number of halogens is 1. The second-order valence-electron chi connectivity index (χ2n) is 9.41. The van der Waals surface area contributed by atoms with E-state index in [2.05, 4.69) is 50.4 Å². The molecule has 4 aromatic rings. The number of hydrogen-bond acceptors (Lipinski definition) is 5. The fourth-order valence-corrected chi connectivity index (χ4v) is 4.97. The van der Waals surface area contributed by atoms with Crippen LogP contribution in [0.1, 0.15) is 44.3 Å². The topological polar surface area (TPSA) is 99.2 Å². The lowest BCUT2D eigenvalue weighted by Gasteiger charge is -2.22. The minimum absolute atomic E-state index is 0.205. The number of rotatable bonds is 7. The number of anilines is 1. The van der Waals surface area contributed by atoms with Crippen LogP contribution in [0, 0.1) is 0 Å². The first kappa shape index (κ1) is 26.2. The molecule has 2 aromatic carbocycles. The van der Waals surface area contributed by atoms with Crippen LogP contribution in [0.15, 0.2) is 85.2 Å². The smallest absolute Gasteiger partial charge is 0.334 e. The van der Waals surface area contributed by atoms with Crippen LogP contribution in [-0.2, 0) is 19.3 Å². The van der Waals surface area contributed by atoms with Gasteiger partial charge in [-0.3, -0.25) is 20.6 Å². The minimum atomic E-state index is -0.432. The van der Waals surface area contributed by atoms with Gasteiger partial charge in [0.2, 0.25) is 0 Å². The van der Waals surface area contributed by atoms with Crippen molar-refractivity contribution in [3.63, 3.8) is 0 Å². The van der Waals surface area contributed by atoms with Crippen molar-refractivity contribution in [3.8, 4) is 0 Å². The fourth-order valence-electron chi connectivity index (χ4n) is 4.76. The van der Waals surface area contributed by atoms with Gasteiger partial charge in [0.1, 0.15) is 0 Å². The summed E-state index contributed by atoms with van der Waals surface area (Å²) >= 11 is 6.40. The number of nitrogens with one attached hydrogen (secondary N) is 3. The Bertz CT molecular complexity index is 1430. The maximum atomic E-state index is 13.0. The number of hydrazine groups is 1. The van der Waals surface area contributed by atoms with E-state index in [0.29, 0.717) is 18.5 Å². The van der Waals surface area contributed by atoms with Gasteiger partial charge in [-0.1, -0.05) is 66.2 Å². The minimum Gasteiger partial charge on any atom is -0.341 e. The van der Waals surface area contributed by atoms with Crippen LogP contribution >= 0.6 is 11.6 Å². The Morgan fingerprint density at radius 2 is 1.62 bits per heavy atom. The molecule has 0 unspecified atom stereocenters. The van der Waals surface area contributed by atoms with Crippen molar-refractivity contribution in [2.24, 2.45) is 0 Å². The SMILES string of the molecule is CN(CCc1ccccn1)C(=O)c1cnc(NNC(=O)NC2c3ccccc3CCc3ccccc32)c(Cl)c1. The third-order valence-electron chi connectivity index (χ3n) is 6.83. The van der Waals surface area contributed by atoms with Crippen molar-refractivity contribution >= 4 is 29.4 Å². The molecule has 9 heteroatoms. The molecule has 0 fully saturated rings. The lowest BCUT2D eigenvalue weighted by Crippen LogP contribution is -2.41. The number of carbonyl (C=O) groups excluding carboxylic acids is 2. The maximum Gasteiger partial charge on any atom is 0.334 e. The number of benzene rings is 2. The van der Waals surface area contributed by atoms with Crippen LogP contribution in [0.3, 0.4) is 0 Å². The highest BCUT2D eigenvalue weighted by Crippen LogP contribution is 2.32. The van der Waals surface area contributed by atoms with Crippen molar-refractivity contribution in [1.82, 2.24) is 25.6 Å². The van der Waals surface area contributed by atoms with E-state index in [1.54, 1.807) is 18.1 Å². The summed E-state index contributed by atoms with van der Waals surface area (Å²) < 4.78 is 0. The highest BCUT2D eigenvalue weighted by Gasteiger charge is 2.25. The maximum absolute atomic E-state index is 13.0. The van der Waals surface area contributed by atoms with E-state index in [4.69, 9.17) is 11.6 Å². The largest absolute Gasteiger partial charge is 0.341 e. The number of aryl methyl sites for hydroxylation is 2. The third-order valence-corrected chi connectivity index (χ3v) is 7.12. The van der Waals surface area contributed by atoms with E-state index >= 15 is 0 Å². The monoisotopic (exact) mass is 540 g/mol. The molecule has 0 radical (unpaired) electrons. The quantitative estimate of drug-likeness (QED) is 0.288. The molecular weight excluding hydrogens is 512 g/mol. The van der Waals surface area contributed by atoms with Gasteiger partial charge in [-0.2, -0.15) is 0 Å². The van der Waals surface area contributed by atoms with Crippen molar-refractivity contribution in [2.45, 2.75) is 25.3 Å². The van der Waals surface area contributed by atoms with Crippen molar-refractivity contribution in [2.75, 3.05) is 19.0 Å². The molecule has 0 atom stereocenters. The van der Waals surface area contributed by atoms with Gasteiger partial charge < -0.3 is 10.2 Å². The molecule has 2 heterocycles. The lowest BCUT2D eigenvalue weighted by atomic mass is 9.95. The lowest BCUT2D eigenvalue weighted by molar-refractivity contribution is 0.0796. The number of nitrogens with zero attached hydrogens (tertiary/aromatic N) is 3. The summed E-state index contributed by atoms with van der Waals surface area (Å²) in [5, 5.41) is 3.30. The molecule has 2 aromatic heterocycles. The third kappa shape index (κ3) is 6.18. The fraction of sp³-hybridized carbons (Fsp3) is 0.200. The van der Waals surface area contributed by atoms with E-state index in [1.807, 2.05) is 42.5 Å². The van der Waals surface area contributed by atoms with Crippen molar-refractivity contribution in [3.05, 3.63) is 124 Å². The second kappa shape index (κ2) is 12.0. The zero-order valence-electron chi connectivity index (χ0n) is 21.5. The highest BCUT2D eigenvalue weighted by atomic mass is 35.5. The number of aromatic nitrogens is 2. The van der Waals surface area contributed by atoms with Crippen LogP contribution in [0.2, 0.25) is 5.02 Å². The Hall–Kier alpha value is -4.43. The highest BCUT2D eigenvalue weighted by molar-refractivity contribution is 6.33. The summed E-state index contributed by atoms with van der Waals surface area (Å²) in [7, 11) is 1.72. The molecule has 3 amide bonds. The Labute approximate surface area is 232 Å². The van der Waals surface area contributed by atoms with Crippen molar-refractivity contribution in [1.29, 1.82) is 0 Å². The van der Waals surface area contributed by atoms with Crippen molar-refractivity contribution < 1.29 is 9.59 Å². The van der Waals surface area contributed by atoms with Crippen LogP contribution in [-0.4, -0.2) is 40.4 Å². The summed E-state index contributed by atoms with van der Waals surface area (Å²) in [6.45, 7) is 0.503. The Kier molecular flexibility index (Phi) is 8.03. The molecule has 0 aliphatic heterocycles. The average Bonchev–Trinajstić information content (AvgIpc) is 3.12. The van der Waals surface area contributed by atoms with E-state index in [0.717, 1.165) is 29.7 Å². The molecular formula is C30H29ClN6O2. The summed E-state index contributed by atoms with van der Waals surface area (Å²) in [5.41, 5.74) is 11.2.